The largest absolute Gasteiger partial charge is 0.352 e. The van der Waals surface area contributed by atoms with E-state index in [4.69, 9.17) is 23.2 Å². The summed E-state index contributed by atoms with van der Waals surface area (Å²) in [4.78, 5) is 12.0. The minimum absolute atomic E-state index is 0.0706. The number of carbonyl (C=O) groups excluding carboxylic acids is 1. The van der Waals surface area contributed by atoms with E-state index in [1.165, 1.54) is 0 Å². The topological polar surface area (TPSA) is 29.1 Å². The highest BCUT2D eigenvalue weighted by molar-refractivity contribution is 6.35. The summed E-state index contributed by atoms with van der Waals surface area (Å²) in [5, 5.41) is 4.13. The van der Waals surface area contributed by atoms with Gasteiger partial charge in [-0.3, -0.25) is 4.79 Å². The Labute approximate surface area is 128 Å². The van der Waals surface area contributed by atoms with Crippen molar-refractivity contribution in [2.45, 2.75) is 13.3 Å². The van der Waals surface area contributed by atoms with Gasteiger partial charge in [-0.1, -0.05) is 47.0 Å². The Kier molecular flexibility index (Phi) is 5.05. The zero-order valence-electron chi connectivity index (χ0n) is 11.1. The van der Waals surface area contributed by atoms with Crippen LogP contribution in [0.5, 0.6) is 0 Å². The van der Waals surface area contributed by atoms with Crippen molar-refractivity contribution < 1.29 is 4.79 Å². The van der Waals surface area contributed by atoms with Gasteiger partial charge in [-0.15, -0.1) is 0 Å². The van der Waals surface area contributed by atoms with Crippen LogP contribution in [-0.2, 0) is 6.42 Å². The fraction of sp³-hybridized carbons (Fsp3) is 0.188. The van der Waals surface area contributed by atoms with Gasteiger partial charge in [0.25, 0.3) is 5.91 Å². The fourth-order valence-corrected chi connectivity index (χ4v) is 2.43. The van der Waals surface area contributed by atoms with E-state index >= 15 is 0 Å². The molecule has 0 fully saturated rings. The number of carbonyl (C=O) groups is 1. The van der Waals surface area contributed by atoms with E-state index in [0.717, 1.165) is 11.1 Å². The molecule has 0 heterocycles. The molecule has 4 heteroatoms. The summed E-state index contributed by atoms with van der Waals surface area (Å²) in [7, 11) is 0. The van der Waals surface area contributed by atoms with Gasteiger partial charge in [0.2, 0.25) is 0 Å². The molecule has 1 amide bonds. The molecule has 20 heavy (non-hydrogen) atoms. The Balaban J connectivity index is 1.91. The third-order valence-electron chi connectivity index (χ3n) is 2.98. The van der Waals surface area contributed by atoms with E-state index in [2.05, 4.69) is 5.32 Å². The molecule has 0 aliphatic heterocycles. The fourth-order valence-electron chi connectivity index (χ4n) is 1.92. The highest BCUT2D eigenvalue weighted by Gasteiger charge is 2.06. The molecule has 2 aromatic rings. The average molecular weight is 308 g/mol. The molecule has 1 N–H and O–H groups in total. The van der Waals surface area contributed by atoms with Crippen LogP contribution in [0, 0.1) is 6.92 Å². The van der Waals surface area contributed by atoms with Crippen LogP contribution >= 0.6 is 23.2 Å². The van der Waals surface area contributed by atoms with Crippen LogP contribution in [0.3, 0.4) is 0 Å². The van der Waals surface area contributed by atoms with Crippen molar-refractivity contribution in [1.29, 1.82) is 0 Å². The molecular weight excluding hydrogens is 293 g/mol. The number of hydrogen-bond donors (Lipinski definition) is 1. The molecular formula is C16H15Cl2NO. The Hall–Kier alpha value is -1.51. The molecule has 0 atom stereocenters. The monoisotopic (exact) mass is 307 g/mol. The van der Waals surface area contributed by atoms with Crippen LogP contribution in [0.15, 0.2) is 42.5 Å². The number of halogens is 2. The molecule has 2 nitrogen and oxygen atoms in total. The standard InChI is InChI=1S/C16H15Cl2NO/c1-11-3-2-4-13(9-11)16(20)19-8-7-12-5-6-14(17)10-15(12)18/h2-6,9-10H,7-8H2,1H3,(H,19,20). The second kappa shape index (κ2) is 6.78. The minimum atomic E-state index is -0.0706. The molecule has 0 bridgehead atoms. The molecule has 0 radical (unpaired) electrons. The molecule has 2 rings (SSSR count). The number of aryl methyl sites for hydroxylation is 1. The lowest BCUT2D eigenvalue weighted by atomic mass is 10.1. The molecule has 0 unspecified atom stereocenters. The molecule has 0 aliphatic rings. The maximum absolute atomic E-state index is 12.0. The second-order valence-electron chi connectivity index (χ2n) is 4.61. The van der Waals surface area contributed by atoms with E-state index in [-0.39, 0.29) is 5.91 Å². The summed E-state index contributed by atoms with van der Waals surface area (Å²) >= 11 is 11.9. The van der Waals surface area contributed by atoms with Gasteiger partial charge in [0.05, 0.1) is 0 Å². The maximum atomic E-state index is 12.0. The summed E-state index contributed by atoms with van der Waals surface area (Å²) in [6.07, 6.45) is 0.674. The summed E-state index contributed by atoms with van der Waals surface area (Å²) in [6.45, 7) is 2.50. The quantitative estimate of drug-likeness (QED) is 0.897. The van der Waals surface area contributed by atoms with Crippen LogP contribution in [0.4, 0.5) is 0 Å². The number of benzene rings is 2. The first-order valence-electron chi connectivity index (χ1n) is 6.35. The molecule has 104 valence electrons. The van der Waals surface area contributed by atoms with E-state index in [0.29, 0.717) is 28.6 Å². The van der Waals surface area contributed by atoms with E-state index in [1.54, 1.807) is 18.2 Å². The van der Waals surface area contributed by atoms with Crippen molar-refractivity contribution in [2.75, 3.05) is 6.54 Å². The molecule has 0 saturated heterocycles. The first-order valence-corrected chi connectivity index (χ1v) is 7.10. The summed E-state index contributed by atoms with van der Waals surface area (Å²) in [5.74, 6) is -0.0706. The number of nitrogens with one attached hydrogen (secondary N) is 1. The Morgan fingerprint density at radius 3 is 2.65 bits per heavy atom. The maximum Gasteiger partial charge on any atom is 0.251 e. The van der Waals surface area contributed by atoms with Gasteiger partial charge in [0.15, 0.2) is 0 Å². The molecule has 0 aliphatic carbocycles. The number of hydrogen-bond acceptors (Lipinski definition) is 1. The normalized spacial score (nSPS) is 10.3. The van der Waals surface area contributed by atoms with Crippen molar-refractivity contribution in [3.63, 3.8) is 0 Å². The van der Waals surface area contributed by atoms with Gasteiger partial charge in [0, 0.05) is 22.2 Å². The van der Waals surface area contributed by atoms with Crippen molar-refractivity contribution >= 4 is 29.1 Å². The lowest BCUT2D eigenvalue weighted by molar-refractivity contribution is 0.0954. The second-order valence-corrected chi connectivity index (χ2v) is 5.45. The van der Waals surface area contributed by atoms with Gasteiger partial charge in [-0.25, -0.2) is 0 Å². The van der Waals surface area contributed by atoms with Crippen LogP contribution in [0.2, 0.25) is 10.0 Å². The Morgan fingerprint density at radius 1 is 1.15 bits per heavy atom. The third kappa shape index (κ3) is 3.99. The molecule has 2 aromatic carbocycles. The van der Waals surface area contributed by atoms with Crippen molar-refractivity contribution in [3.8, 4) is 0 Å². The van der Waals surface area contributed by atoms with Crippen molar-refractivity contribution in [1.82, 2.24) is 5.32 Å². The van der Waals surface area contributed by atoms with Crippen LogP contribution in [0.25, 0.3) is 0 Å². The first kappa shape index (κ1) is 14.9. The minimum Gasteiger partial charge on any atom is -0.352 e. The van der Waals surface area contributed by atoms with E-state index in [9.17, 15) is 4.79 Å². The average Bonchev–Trinajstić information content (AvgIpc) is 2.41. The third-order valence-corrected chi connectivity index (χ3v) is 3.56. The highest BCUT2D eigenvalue weighted by Crippen LogP contribution is 2.21. The van der Waals surface area contributed by atoms with Crippen LogP contribution < -0.4 is 5.32 Å². The summed E-state index contributed by atoms with van der Waals surface area (Å²) < 4.78 is 0. The Morgan fingerprint density at radius 2 is 1.95 bits per heavy atom. The Bertz CT molecular complexity index is 626. The lowest BCUT2D eigenvalue weighted by Gasteiger charge is -2.07. The van der Waals surface area contributed by atoms with Gasteiger partial charge in [-0.2, -0.15) is 0 Å². The van der Waals surface area contributed by atoms with Gasteiger partial charge in [0.1, 0.15) is 0 Å². The predicted octanol–water partition coefficient (Wildman–Crippen LogP) is 4.27. The zero-order chi connectivity index (χ0) is 14.5. The van der Waals surface area contributed by atoms with Crippen molar-refractivity contribution in [2.24, 2.45) is 0 Å². The van der Waals surface area contributed by atoms with Crippen molar-refractivity contribution in [3.05, 3.63) is 69.2 Å². The van der Waals surface area contributed by atoms with Gasteiger partial charge >= 0.3 is 0 Å². The molecule has 0 aromatic heterocycles. The molecule has 0 saturated carbocycles. The number of amides is 1. The number of rotatable bonds is 4. The van der Waals surface area contributed by atoms with Crippen LogP contribution in [-0.4, -0.2) is 12.5 Å². The van der Waals surface area contributed by atoms with E-state index in [1.807, 2.05) is 31.2 Å². The van der Waals surface area contributed by atoms with E-state index < -0.39 is 0 Å². The zero-order valence-corrected chi connectivity index (χ0v) is 12.6. The highest BCUT2D eigenvalue weighted by atomic mass is 35.5. The molecule has 0 spiro atoms. The lowest BCUT2D eigenvalue weighted by Crippen LogP contribution is -2.25. The summed E-state index contributed by atoms with van der Waals surface area (Å²) in [5.41, 5.74) is 2.71. The summed E-state index contributed by atoms with van der Waals surface area (Å²) in [6, 6.07) is 12.9. The van der Waals surface area contributed by atoms with Gasteiger partial charge < -0.3 is 5.32 Å². The SMILES string of the molecule is Cc1cccc(C(=O)NCCc2ccc(Cl)cc2Cl)c1. The first-order chi connectivity index (χ1) is 9.56. The van der Waals surface area contributed by atoms with Crippen LogP contribution in [0.1, 0.15) is 21.5 Å². The smallest absolute Gasteiger partial charge is 0.251 e. The predicted molar refractivity (Wildman–Crippen MR) is 83.7 cm³/mol. The van der Waals surface area contributed by atoms with Gasteiger partial charge in [-0.05, 0) is 43.2 Å².